The van der Waals surface area contributed by atoms with Crippen LogP contribution in [-0.2, 0) is 0 Å². The SMILES string of the molecule is Cl.NCC1CCN(C(=O)c2cc(-c3ccc(Cl)cc3)n[nH]2)C1. The molecule has 2 aromatic rings. The number of nitrogens with zero attached hydrogens (tertiary/aromatic N) is 2. The molecule has 7 heteroatoms. The topological polar surface area (TPSA) is 75.0 Å². The van der Waals surface area contributed by atoms with Gasteiger partial charge in [0.05, 0.1) is 5.69 Å². The number of benzene rings is 1. The van der Waals surface area contributed by atoms with Crippen molar-refractivity contribution in [1.29, 1.82) is 0 Å². The number of H-pyrrole nitrogens is 1. The van der Waals surface area contributed by atoms with Crippen molar-refractivity contribution in [3.63, 3.8) is 0 Å². The van der Waals surface area contributed by atoms with Crippen molar-refractivity contribution in [2.24, 2.45) is 11.7 Å². The number of nitrogens with one attached hydrogen (secondary N) is 1. The van der Waals surface area contributed by atoms with Crippen molar-refractivity contribution in [1.82, 2.24) is 15.1 Å². The first kappa shape index (κ1) is 16.8. The molecule has 0 radical (unpaired) electrons. The Bertz CT molecular complexity index is 641. The normalized spacial score (nSPS) is 17.4. The predicted molar refractivity (Wildman–Crippen MR) is 89.3 cm³/mol. The van der Waals surface area contributed by atoms with E-state index in [-0.39, 0.29) is 18.3 Å². The Labute approximate surface area is 140 Å². The van der Waals surface area contributed by atoms with E-state index in [4.69, 9.17) is 17.3 Å². The number of aromatic nitrogens is 2. The van der Waals surface area contributed by atoms with Gasteiger partial charge in [0, 0.05) is 23.7 Å². The van der Waals surface area contributed by atoms with Crippen LogP contribution in [0, 0.1) is 5.92 Å². The van der Waals surface area contributed by atoms with E-state index in [1.165, 1.54) is 0 Å². The van der Waals surface area contributed by atoms with Crippen molar-refractivity contribution >= 4 is 29.9 Å². The standard InChI is InChI=1S/C15H17ClN4O.ClH/c16-12-3-1-11(2-4-12)13-7-14(19-18-13)15(21)20-6-5-10(8-17)9-20;/h1-4,7,10H,5-6,8-9,17H2,(H,18,19);1H. The third-order valence-electron chi connectivity index (χ3n) is 3.85. The molecular weight excluding hydrogens is 323 g/mol. The summed E-state index contributed by atoms with van der Waals surface area (Å²) in [6, 6.07) is 9.15. The number of rotatable bonds is 3. The van der Waals surface area contributed by atoms with E-state index < -0.39 is 0 Å². The molecule has 1 saturated heterocycles. The maximum atomic E-state index is 12.4. The van der Waals surface area contributed by atoms with Gasteiger partial charge in [0.1, 0.15) is 5.69 Å². The van der Waals surface area contributed by atoms with Gasteiger partial charge >= 0.3 is 0 Å². The number of halogens is 2. The molecule has 22 heavy (non-hydrogen) atoms. The number of hydrogen-bond acceptors (Lipinski definition) is 3. The second-order valence-electron chi connectivity index (χ2n) is 5.32. The van der Waals surface area contributed by atoms with E-state index in [0.29, 0.717) is 23.2 Å². The minimum atomic E-state index is -0.0151. The van der Waals surface area contributed by atoms with Crippen LogP contribution in [0.1, 0.15) is 16.9 Å². The van der Waals surface area contributed by atoms with Crippen LogP contribution in [0.25, 0.3) is 11.3 Å². The van der Waals surface area contributed by atoms with Gasteiger partial charge in [-0.05, 0) is 37.1 Å². The summed E-state index contributed by atoms with van der Waals surface area (Å²) < 4.78 is 0. The summed E-state index contributed by atoms with van der Waals surface area (Å²) in [6.07, 6.45) is 0.973. The Morgan fingerprint density at radius 1 is 1.41 bits per heavy atom. The number of amides is 1. The van der Waals surface area contributed by atoms with Gasteiger partial charge in [0.25, 0.3) is 5.91 Å². The molecule has 1 aliphatic heterocycles. The number of carbonyl (C=O) groups is 1. The van der Waals surface area contributed by atoms with E-state index in [1.54, 1.807) is 18.2 Å². The molecule has 1 unspecified atom stereocenters. The summed E-state index contributed by atoms with van der Waals surface area (Å²) in [5, 5.41) is 7.71. The van der Waals surface area contributed by atoms with Gasteiger partial charge in [-0.1, -0.05) is 23.7 Å². The lowest BCUT2D eigenvalue weighted by Crippen LogP contribution is -2.30. The molecule has 1 fully saturated rings. The van der Waals surface area contributed by atoms with Gasteiger partial charge in [-0.25, -0.2) is 0 Å². The Hall–Kier alpha value is -1.56. The highest BCUT2D eigenvalue weighted by atomic mass is 35.5. The molecular formula is C15H18Cl2N4O. The van der Waals surface area contributed by atoms with Gasteiger partial charge in [-0.2, -0.15) is 5.10 Å². The number of aromatic amines is 1. The molecule has 1 amide bonds. The first-order chi connectivity index (χ1) is 10.2. The second kappa shape index (κ2) is 7.13. The van der Waals surface area contributed by atoms with Gasteiger partial charge in [-0.15, -0.1) is 12.4 Å². The molecule has 1 aromatic carbocycles. The molecule has 1 atom stereocenters. The van der Waals surface area contributed by atoms with E-state index in [1.807, 2.05) is 17.0 Å². The quantitative estimate of drug-likeness (QED) is 0.901. The fourth-order valence-corrected chi connectivity index (χ4v) is 2.71. The zero-order valence-corrected chi connectivity index (χ0v) is 13.5. The Balaban J connectivity index is 0.00000176. The van der Waals surface area contributed by atoms with Gasteiger partial charge < -0.3 is 10.6 Å². The van der Waals surface area contributed by atoms with Crippen LogP contribution >= 0.6 is 24.0 Å². The lowest BCUT2D eigenvalue weighted by atomic mass is 10.1. The number of carbonyl (C=O) groups excluding carboxylic acids is 1. The van der Waals surface area contributed by atoms with Crippen molar-refractivity contribution < 1.29 is 4.79 Å². The van der Waals surface area contributed by atoms with Gasteiger partial charge in [0.2, 0.25) is 0 Å². The molecule has 0 saturated carbocycles. The highest BCUT2D eigenvalue weighted by Gasteiger charge is 2.27. The minimum absolute atomic E-state index is 0. The Morgan fingerprint density at radius 3 is 2.77 bits per heavy atom. The van der Waals surface area contributed by atoms with Crippen molar-refractivity contribution in [2.45, 2.75) is 6.42 Å². The maximum Gasteiger partial charge on any atom is 0.271 e. The summed E-state index contributed by atoms with van der Waals surface area (Å²) in [7, 11) is 0. The molecule has 1 aliphatic rings. The molecule has 5 nitrogen and oxygen atoms in total. The van der Waals surface area contributed by atoms with Crippen LogP contribution < -0.4 is 5.73 Å². The van der Waals surface area contributed by atoms with Crippen LogP contribution in [0.2, 0.25) is 5.02 Å². The van der Waals surface area contributed by atoms with Gasteiger partial charge in [0.15, 0.2) is 0 Å². The molecule has 2 heterocycles. The molecule has 3 rings (SSSR count). The predicted octanol–water partition coefficient (Wildman–Crippen LogP) is 2.57. The van der Waals surface area contributed by atoms with Crippen LogP contribution in [0.4, 0.5) is 0 Å². The largest absolute Gasteiger partial charge is 0.337 e. The molecule has 1 aromatic heterocycles. The molecule has 3 N–H and O–H groups in total. The van der Waals surface area contributed by atoms with Crippen molar-refractivity contribution in [3.8, 4) is 11.3 Å². The first-order valence-corrected chi connectivity index (χ1v) is 7.36. The van der Waals surface area contributed by atoms with Crippen LogP contribution in [0.5, 0.6) is 0 Å². The minimum Gasteiger partial charge on any atom is -0.337 e. The summed E-state index contributed by atoms with van der Waals surface area (Å²) in [5.41, 5.74) is 7.84. The molecule has 0 bridgehead atoms. The Kier molecular flexibility index (Phi) is 5.45. The number of nitrogens with two attached hydrogens (primary N) is 1. The zero-order valence-electron chi connectivity index (χ0n) is 12.0. The zero-order chi connectivity index (χ0) is 14.8. The third-order valence-corrected chi connectivity index (χ3v) is 4.11. The van der Waals surface area contributed by atoms with Crippen molar-refractivity contribution in [3.05, 3.63) is 41.0 Å². The smallest absolute Gasteiger partial charge is 0.271 e. The van der Waals surface area contributed by atoms with Crippen molar-refractivity contribution in [2.75, 3.05) is 19.6 Å². The van der Waals surface area contributed by atoms with E-state index >= 15 is 0 Å². The lowest BCUT2D eigenvalue weighted by molar-refractivity contribution is 0.0782. The van der Waals surface area contributed by atoms with E-state index in [2.05, 4.69) is 10.2 Å². The highest BCUT2D eigenvalue weighted by molar-refractivity contribution is 6.30. The fourth-order valence-electron chi connectivity index (χ4n) is 2.58. The molecule has 0 aliphatic carbocycles. The second-order valence-corrected chi connectivity index (χ2v) is 5.75. The average Bonchev–Trinajstić information content (AvgIpc) is 3.16. The fraction of sp³-hybridized carbons (Fsp3) is 0.333. The van der Waals surface area contributed by atoms with Crippen LogP contribution in [0.15, 0.2) is 30.3 Å². The van der Waals surface area contributed by atoms with Crippen LogP contribution in [0.3, 0.4) is 0 Å². The summed E-state index contributed by atoms with van der Waals surface area (Å²) >= 11 is 5.87. The average molecular weight is 341 g/mol. The third kappa shape index (κ3) is 3.43. The lowest BCUT2D eigenvalue weighted by Gasteiger charge is -2.14. The first-order valence-electron chi connectivity index (χ1n) is 6.98. The monoisotopic (exact) mass is 340 g/mol. The molecule has 0 spiro atoms. The summed E-state index contributed by atoms with van der Waals surface area (Å²) in [4.78, 5) is 14.2. The number of likely N-dealkylation sites (tertiary alicyclic amines) is 1. The van der Waals surface area contributed by atoms with E-state index in [9.17, 15) is 4.79 Å². The van der Waals surface area contributed by atoms with Gasteiger partial charge in [-0.3, -0.25) is 9.89 Å². The summed E-state index contributed by atoms with van der Waals surface area (Å²) in [6.45, 7) is 2.11. The Morgan fingerprint density at radius 2 is 2.14 bits per heavy atom. The maximum absolute atomic E-state index is 12.4. The van der Waals surface area contributed by atoms with E-state index in [0.717, 1.165) is 30.8 Å². The highest BCUT2D eigenvalue weighted by Crippen LogP contribution is 2.22. The summed E-state index contributed by atoms with van der Waals surface area (Å²) in [5.74, 6) is 0.395. The van der Waals surface area contributed by atoms with Crippen LogP contribution in [-0.4, -0.2) is 40.6 Å². The molecule has 118 valence electrons. The number of hydrogen-bond donors (Lipinski definition) is 2.